The first kappa shape index (κ1) is 19.8. The highest BCUT2D eigenvalue weighted by Gasteiger charge is 2.08. The zero-order valence-electron chi connectivity index (χ0n) is 14.4. The SMILES string of the molecule is O=C(NN=Cc1ccc(OC(=O)c2cccc(Br)c2)cc1)c1ccc(Cl)cc1. The van der Waals surface area contributed by atoms with E-state index < -0.39 is 5.97 Å². The number of esters is 1. The van der Waals surface area contributed by atoms with Gasteiger partial charge in [-0.15, -0.1) is 0 Å². The Balaban J connectivity index is 1.56. The number of carbonyl (C=O) groups excluding carboxylic acids is 2. The van der Waals surface area contributed by atoms with E-state index in [1.807, 2.05) is 6.07 Å². The molecule has 0 unspecified atom stereocenters. The van der Waals surface area contributed by atoms with Crippen LogP contribution in [0, 0.1) is 0 Å². The molecule has 0 heterocycles. The van der Waals surface area contributed by atoms with Crippen molar-refractivity contribution < 1.29 is 14.3 Å². The molecular weight excluding hydrogens is 444 g/mol. The fraction of sp³-hybridized carbons (Fsp3) is 0. The van der Waals surface area contributed by atoms with Gasteiger partial charge in [0, 0.05) is 15.1 Å². The fourth-order valence-electron chi connectivity index (χ4n) is 2.23. The molecule has 0 aromatic heterocycles. The third-order valence-electron chi connectivity index (χ3n) is 3.64. The van der Waals surface area contributed by atoms with Crippen molar-refractivity contribution in [1.82, 2.24) is 5.43 Å². The summed E-state index contributed by atoms with van der Waals surface area (Å²) >= 11 is 9.11. The average Bonchev–Trinajstić information content (AvgIpc) is 2.69. The normalized spacial score (nSPS) is 10.6. The minimum atomic E-state index is -0.446. The first-order valence-electron chi connectivity index (χ1n) is 8.18. The predicted octanol–water partition coefficient (Wildman–Crippen LogP) is 5.09. The molecule has 0 saturated heterocycles. The van der Waals surface area contributed by atoms with Crippen molar-refractivity contribution in [2.24, 2.45) is 5.10 Å². The molecule has 0 aliphatic rings. The van der Waals surface area contributed by atoms with Gasteiger partial charge in [-0.2, -0.15) is 5.10 Å². The highest BCUT2D eigenvalue weighted by Crippen LogP contribution is 2.16. The number of amides is 1. The molecule has 1 amide bonds. The Kier molecular flexibility index (Phi) is 6.57. The molecule has 140 valence electrons. The van der Waals surface area contributed by atoms with Gasteiger partial charge < -0.3 is 4.74 Å². The topological polar surface area (TPSA) is 67.8 Å². The number of benzene rings is 3. The number of halogens is 2. The summed E-state index contributed by atoms with van der Waals surface area (Å²) < 4.78 is 6.14. The molecule has 0 bridgehead atoms. The van der Waals surface area contributed by atoms with Gasteiger partial charge in [0.15, 0.2) is 0 Å². The van der Waals surface area contributed by atoms with Crippen LogP contribution in [0.5, 0.6) is 5.75 Å². The number of hydrazone groups is 1. The van der Waals surface area contributed by atoms with E-state index in [9.17, 15) is 9.59 Å². The Bertz CT molecular complexity index is 1020. The van der Waals surface area contributed by atoms with Gasteiger partial charge in [0.25, 0.3) is 5.91 Å². The van der Waals surface area contributed by atoms with Gasteiger partial charge in [-0.1, -0.05) is 33.6 Å². The lowest BCUT2D eigenvalue weighted by Crippen LogP contribution is -2.17. The summed E-state index contributed by atoms with van der Waals surface area (Å²) in [6.07, 6.45) is 1.49. The molecule has 0 fully saturated rings. The number of nitrogens with zero attached hydrogens (tertiary/aromatic N) is 1. The van der Waals surface area contributed by atoms with Crippen LogP contribution in [0.25, 0.3) is 0 Å². The molecular formula is C21H14BrClN2O3. The summed E-state index contributed by atoms with van der Waals surface area (Å²) in [6, 6.07) is 20.2. The Morgan fingerprint density at radius 2 is 1.68 bits per heavy atom. The molecule has 0 radical (unpaired) electrons. The minimum Gasteiger partial charge on any atom is -0.423 e. The lowest BCUT2D eigenvalue weighted by Gasteiger charge is -2.05. The summed E-state index contributed by atoms with van der Waals surface area (Å²) in [5.74, 6) is -0.377. The summed E-state index contributed by atoms with van der Waals surface area (Å²) in [7, 11) is 0. The molecule has 0 spiro atoms. The lowest BCUT2D eigenvalue weighted by molar-refractivity contribution is 0.0734. The monoisotopic (exact) mass is 456 g/mol. The third kappa shape index (κ3) is 5.52. The highest BCUT2D eigenvalue weighted by molar-refractivity contribution is 9.10. The van der Waals surface area contributed by atoms with Crippen molar-refractivity contribution >= 4 is 45.6 Å². The second-order valence-corrected chi connectivity index (χ2v) is 7.03. The Morgan fingerprint density at radius 3 is 2.36 bits per heavy atom. The molecule has 0 aliphatic carbocycles. The number of ether oxygens (including phenoxy) is 1. The zero-order chi connectivity index (χ0) is 19.9. The van der Waals surface area contributed by atoms with Crippen LogP contribution in [0.15, 0.2) is 82.4 Å². The number of hydrogen-bond acceptors (Lipinski definition) is 4. The van der Waals surface area contributed by atoms with Crippen molar-refractivity contribution in [1.29, 1.82) is 0 Å². The molecule has 1 N–H and O–H groups in total. The summed E-state index contributed by atoms with van der Waals surface area (Å²) in [5.41, 5.74) is 4.08. The van der Waals surface area contributed by atoms with E-state index >= 15 is 0 Å². The second kappa shape index (κ2) is 9.30. The molecule has 0 atom stereocenters. The molecule has 3 aromatic rings. The van der Waals surface area contributed by atoms with E-state index in [1.54, 1.807) is 66.7 Å². The van der Waals surface area contributed by atoms with E-state index in [4.69, 9.17) is 16.3 Å². The van der Waals surface area contributed by atoms with Crippen LogP contribution in [-0.2, 0) is 0 Å². The molecule has 0 aliphatic heterocycles. The smallest absolute Gasteiger partial charge is 0.343 e. The van der Waals surface area contributed by atoms with Gasteiger partial charge >= 0.3 is 5.97 Å². The van der Waals surface area contributed by atoms with Gasteiger partial charge in [0.1, 0.15) is 5.75 Å². The Hall–Kier alpha value is -2.96. The maximum atomic E-state index is 12.1. The van der Waals surface area contributed by atoms with Gasteiger partial charge in [0.2, 0.25) is 0 Å². The van der Waals surface area contributed by atoms with Crippen molar-refractivity contribution in [3.05, 3.63) is 99.0 Å². The van der Waals surface area contributed by atoms with Crippen molar-refractivity contribution in [2.45, 2.75) is 0 Å². The highest BCUT2D eigenvalue weighted by atomic mass is 79.9. The first-order valence-corrected chi connectivity index (χ1v) is 9.35. The first-order chi connectivity index (χ1) is 13.5. The van der Waals surface area contributed by atoms with Crippen LogP contribution in [0.4, 0.5) is 0 Å². The second-order valence-electron chi connectivity index (χ2n) is 5.67. The van der Waals surface area contributed by atoms with E-state index in [-0.39, 0.29) is 5.91 Å². The maximum Gasteiger partial charge on any atom is 0.343 e. The number of carbonyl (C=O) groups is 2. The van der Waals surface area contributed by atoms with E-state index in [0.717, 1.165) is 10.0 Å². The predicted molar refractivity (Wildman–Crippen MR) is 112 cm³/mol. The number of hydrogen-bond donors (Lipinski definition) is 1. The van der Waals surface area contributed by atoms with Crippen LogP contribution in [0.2, 0.25) is 5.02 Å². The average molecular weight is 458 g/mol. The van der Waals surface area contributed by atoms with Crippen LogP contribution in [0.1, 0.15) is 26.3 Å². The van der Waals surface area contributed by atoms with Gasteiger partial charge in [-0.05, 0) is 72.3 Å². The zero-order valence-corrected chi connectivity index (χ0v) is 16.8. The molecule has 3 aromatic carbocycles. The van der Waals surface area contributed by atoms with E-state index in [0.29, 0.717) is 21.9 Å². The van der Waals surface area contributed by atoms with Crippen LogP contribution in [-0.4, -0.2) is 18.1 Å². The number of nitrogens with one attached hydrogen (secondary N) is 1. The maximum absolute atomic E-state index is 12.1. The van der Waals surface area contributed by atoms with Gasteiger partial charge in [-0.3, -0.25) is 4.79 Å². The summed E-state index contributed by atoms with van der Waals surface area (Å²) in [6.45, 7) is 0. The summed E-state index contributed by atoms with van der Waals surface area (Å²) in [5, 5.41) is 4.47. The molecule has 3 rings (SSSR count). The number of rotatable bonds is 5. The van der Waals surface area contributed by atoms with Gasteiger partial charge in [0.05, 0.1) is 11.8 Å². The van der Waals surface area contributed by atoms with Gasteiger partial charge in [-0.25, -0.2) is 10.2 Å². The van der Waals surface area contributed by atoms with Crippen LogP contribution in [0.3, 0.4) is 0 Å². The van der Waals surface area contributed by atoms with E-state index in [2.05, 4.69) is 26.5 Å². The third-order valence-corrected chi connectivity index (χ3v) is 4.38. The van der Waals surface area contributed by atoms with Crippen LogP contribution < -0.4 is 10.2 Å². The molecule has 28 heavy (non-hydrogen) atoms. The van der Waals surface area contributed by atoms with Crippen molar-refractivity contribution in [2.75, 3.05) is 0 Å². The quantitative estimate of drug-likeness (QED) is 0.251. The standard InChI is InChI=1S/C21H14BrClN2O3/c22-17-3-1-2-16(12-17)21(27)28-19-10-4-14(5-11-19)13-24-25-20(26)15-6-8-18(23)9-7-15/h1-13H,(H,25,26). The molecule has 0 saturated carbocycles. The van der Waals surface area contributed by atoms with Crippen molar-refractivity contribution in [3.8, 4) is 5.75 Å². The Morgan fingerprint density at radius 1 is 0.964 bits per heavy atom. The largest absolute Gasteiger partial charge is 0.423 e. The fourth-order valence-corrected chi connectivity index (χ4v) is 2.76. The molecule has 5 nitrogen and oxygen atoms in total. The van der Waals surface area contributed by atoms with Crippen molar-refractivity contribution in [3.63, 3.8) is 0 Å². The minimum absolute atomic E-state index is 0.340. The molecule has 7 heteroatoms. The van der Waals surface area contributed by atoms with Crippen LogP contribution >= 0.6 is 27.5 Å². The summed E-state index contributed by atoms with van der Waals surface area (Å²) in [4.78, 5) is 24.1. The Labute approximate surface area is 175 Å². The lowest BCUT2D eigenvalue weighted by atomic mass is 10.2. The van der Waals surface area contributed by atoms with E-state index in [1.165, 1.54) is 6.21 Å².